The summed E-state index contributed by atoms with van der Waals surface area (Å²) >= 11 is 5.78. The minimum Gasteiger partial charge on any atom is -0.507 e. The first-order valence-electron chi connectivity index (χ1n) is 6.06. The number of phenols is 1. The number of rotatable bonds is 4. The molecule has 0 fully saturated rings. The Bertz CT molecular complexity index is 686. The third-order valence-corrected chi connectivity index (χ3v) is 2.95. The Kier molecular flexibility index (Phi) is 4.79. The smallest absolute Gasteiger partial charge is 0.275 e. The van der Waals surface area contributed by atoms with Crippen LogP contribution in [0.15, 0.2) is 47.6 Å². The van der Waals surface area contributed by atoms with Crippen LogP contribution >= 0.6 is 11.6 Å². The van der Waals surface area contributed by atoms with Gasteiger partial charge in [-0.25, -0.2) is 5.43 Å². The molecule has 0 aromatic heterocycles. The molecule has 0 saturated carbocycles. The van der Waals surface area contributed by atoms with E-state index >= 15 is 0 Å². The molecule has 0 aliphatic rings. The second kappa shape index (κ2) is 6.76. The van der Waals surface area contributed by atoms with Crippen molar-refractivity contribution in [3.05, 3.63) is 58.6 Å². The molecule has 0 spiro atoms. The summed E-state index contributed by atoms with van der Waals surface area (Å²) in [6, 6.07) is 11.4. The van der Waals surface area contributed by atoms with Crippen LogP contribution < -0.4 is 10.2 Å². The van der Waals surface area contributed by atoms with Gasteiger partial charge in [-0.1, -0.05) is 23.7 Å². The highest BCUT2D eigenvalue weighted by Gasteiger charge is 2.10. The van der Waals surface area contributed by atoms with E-state index in [-0.39, 0.29) is 11.3 Å². The number of amides is 1. The van der Waals surface area contributed by atoms with Crippen LogP contribution in [0.4, 0.5) is 0 Å². The summed E-state index contributed by atoms with van der Waals surface area (Å²) in [6.07, 6.45) is 1.46. The highest BCUT2D eigenvalue weighted by Crippen LogP contribution is 2.21. The standard InChI is InChI=1S/C15H13ClN2O3/c1-21-14-5-3-2-4-10(14)9-17-18-15(20)12-8-11(16)6-7-13(12)19/h2-9,19H,1H3,(H,18,20). The lowest BCUT2D eigenvalue weighted by Gasteiger charge is -2.04. The molecule has 0 radical (unpaired) electrons. The van der Waals surface area contributed by atoms with E-state index in [0.717, 1.165) is 5.56 Å². The van der Waals surface area contributed by atoms with Crippen molar-refractivity contribution in [2.24, 2.45) is 5.10 Å². The minimum absolute atomic E-state index is 0.0553. The number of nitrogens with one attached hydrogen (secondary N) is 1. The number of hydrogen-bond acceptors (Lipinski definition) is 4. The summed E-state index contributed by atoms with van der Waals surface area (Å²) in [7, 11) is 1.55. The van der Waals surface area contributed by atoms with E-state index in [2.05, 4.69) is 10.5 Å². The van der Waals surface area contributed by atoms with Gasteiger partial charge >= 0.3 is 0 Å². The van der Waals surface area contributed by atoms with Crippen LogP contribution in [0.25, 0.3) is 0 Å². The molecule has 2 aromatic carbocycles. The van der Waals surface area contributed by atoms with Crippen molar-refractivity contribution in [3.8, 4) is 11.5 Å². The SMILES string of the molecule is COc1ccccc1C=NNC(=O)c1cc(Cl)ccc1O. The first-order chi connectivity index (χ1) is 10.1. The van der Waals surface area contributed by atoms with Crippen molar-refractivity contribution in [3.63, 3.8) is 0 Å². The maximum absolute atomic E-state index is 11.9. The average molecular weight is 305 g/mol. The Morgan fingerprint density at radius 3 is 2.86 bits per heavy atom. The highest BCUT2D eigenvalue weighted by atomic mass is 35.5. The van der Waals surface area contributed by atoms with Crippen LogP contribution in [0.3, 0.4) is 0 Å². The number of nitrogens with zero attached hydrogens (tertiary/aromatic N) is 1. The maximum Gasteiger partial charge on any atom is 0.275 e. The lowest BCUT2D eigenvalue weighted by Crippen LogP contribution is -2.17. The van der Waals surface area contributed by atoms with Gasteiger partial charge in [0.25, 0.3) is 5.91 Å². The van der Waals surface area contributed by atoms with Gasteiger partial charge in [-0.3, -0.25) is 4.79 Å². The highest BCUT2D eigenvalue weighted by molar-refractivity contribution is 6.31. The number of halogens is 1. The number of phenolic OH excluding ortho intramolecular Hbond substituents is 1. The van der Waals surface area contributed by atoms with Crippen LogP contribution in [0, 0.1) is 0 Å². The number of aromatic hydroxyl groups is 1. The van der Waals surface area contributed by atoms with E-state index in [4.69, 9.17) is 16.3 Å². The molecule has 2 aromatic rings. The Morgan fingerprint density at radius 1 is 1.33 bits per heavy atom. The Hall–Kier alpha value is -2.53. The van der Waals surface area contributed by atoms with Crippen molar-refractivity contribution >= 4 is 23.7 Å². The van der Waals surface area contributed by atoms with Crippen LogP contribution in [0.2, 0.25) is 5.02 Å². The van der Waals surface area contributed by atoms with Gasteiger partial charge in [0.05, 0.1) is 18.9 Å². The van der Waals surface area contributed by atoms with E-state index in [1.165, 1.54) is 24.4 Å². The maximum atomic E-state index is 11.9. The number of carbonyl (C=O) groups is 1. The number of para-hydroxylation sites is 1. The van der Waals surface area contributed by atoms with E-state index in [9.17, 15) is 9.90 Å². The largest absolute Gasteiger partial charge is 0.507 e. The zero-order valence-electron chi connectivity index (χ0n) is 11.2. The van der Waals surface area contributed by atoms with Crippen molar-refractivity contribution in [1.29, 1.82) is 0 Å². The lowest BCUT2D eigenvalue weighted by atomic mass is 10.2. The normalized spacial score (nSPS) is 10.6. The quantitative estimate of drug-likeness (QED) is 0.674. The molecule has 0 aliphatic carbocycles. The molecule has 0 heterocycles. The number of benzene rings is 2. The summed E-state index contributed by atoms with van der Waals surface area (Å²) in [5.41, 5.74) is 3.10. The molecule has 5 nitrogen and oxygen atoms in total. The first-order valence-corrected chi connectivity index (χ1v) is 6.44. The minimum atomic E-state index is -0.554. The van der Waals surface area contributed by atoms with Gasteiger partial charge in [0, 0.05) is 10.6 Å². The van der Waals surface area contributed by atoms with Gasteiger partial charge < -0.3 is 9.84 Å². The number of ether oxygens (including phenoxy) is 1. The van der Waals surface area contributed by atoms with Gasteiger partial charge in [-0.2, -0.15) is 5.10 Å². The predicted molar refractivity (Wildman–Crippen MR) is 81.2 cm³/mol. The van der Waals surface area contributed by atoms with Crippen molar-refractivity contribution in [2.75, 3.05) is 7.11 Å². The Morgan fingerprint density at radius 2 is 2.10 bits per heavy atom. The summed E-state index contributed by atoms with van der Waals surface area (Å²) in [5.74, 6) is -0.0772. The first kappa shape index (κ1) is 14.9. The third-order valence-electron chi connectivity index (χ3n) is 2.71. The molecule has 21 heavy (non-hydrogen) atoms. The molecule has 2 N–H and O–H groups in total. The molecule has 0 unspecified atom stereocenters. The van der Waals surface area contributed by atoms with E-state index in [1.54, 1.807) is 19.2 Å². The number of carbonyl (C=O) groups excluding carboxylic acids is 1. The second-order valence-electron chi connectivity index (χ2n) is 4.10. The average Bonchev–Trinajstić information content (AvgIpc) is 2.50. The molecule has 0 bridgehead atoms. The Labute approximate surface area is 126 Å². The number of hydrogen-bond donors (Lipinski definition) is 2. The van der Waals surface area contributed by atoms with Crippen molar-refractivity contribution in [1.82, 2.24) is 5.43 Å². The third kappa shape index (κ3) is 3.73. The van der Waals surface area contributed by atoms with Gasteiger partial charge in [-0.15, -0.1) is 0 Å². The zero-order chi connectivity index (χ0) is 15.2. The second-order valence-corrected chi connectivity index (χ2v) is 4.54. The summed E-state index contributed by atoms with van der Waals surface area (Å²) < 4.78 is 5.16. The lowest BCUT2D eigenvalue weighted by molar-refractivity contribution is 0.0952. The van der Waals surface area contributed by atoms with E-state index in [0.29, 0.717) is 10.8 Å². The predicted octanol–water partition coefficient (Wildman–Crippen LogP) is 2.82. The van der Waals surface area contributed by atoms with Crippen LogP contribution in [-0.4, -0.2) is 24.3 Å². The Balaban J connectivity index is 2.10. The fourth-order valence-electron chi connectivity index (χ4n) is 1.68. The summed E-state index contributed by atoms with van der Waals surface area (Å²) in [4.78, 5) is 11.9. The molecule has 2 rings (SSSR count). The molecule has 1 amide bonds. The molecule has 0 atom stereocenters. The number of hydrazone groups is 1. The molecule has 108 valence electrons. The van der Waals surface area contributed by atoms with Crippen molar-refractivity contribution in [2.45, 2.75) is 0 Å². The fourth-order valence-corrected chi connectivity index (χ4v) is 1.86. The van der Waals surface area contributed by atoms with Crippen molar-refractivity contribution < 1.29 is 14.6 Å². The molecular formula is C15H13ClN2O3. The van der Waals surface area contributed by atoms with Gasteiger partial charge in [0.15, 0.2) is 0 Å². The molecule has 0 aliphatic heterocycles. The van der Waals surface area contributed by atoms with Crippen LogP contribution in [0.1, 0.15) is 15.9 Å². The van der Waals surface area contributed by atoms with Gasteiger partial charge in [0.2, 0.25) is 0 Å². The van der Waals surface area contributed by atoms with Crippen LogP contribution in [-0.2, 0) is 0 Å². The van der Waals surface area contributed by atoms with E-state index < -0.39 is 5.91 Å². The molecular weight excluding hydrogens is 292 g/mol. The van der Waals surface area contributed by atoms with E-state index in [1.807, 2.05) is 12.1 Å². The van der Waals surface area contributed by atoms with Gasteiger partial charge in [0.1, 0.15) is 11.5 Å². The monoisotopic (exact) mass is 304 g/mol. The molecule has 6 heteroatoms. The summed E-state index contributed by atoms with van der Waals surface area (Å²) in [5, 5.41) is 13.8. The fraction of sp³-hybridized carbons (Fsp3) is 0.0667. The van der Waals surface area contributed by atoms with Gasteiger partial charge in [-0.05, 0) is 30.3 Å². The molecule has 0 saturated heterocycles. The zero-order valence-corrected chi connectivity index (χ0v) is 12.0. The number of methoxy groups -OCH3 is 1. The van der Waals surface area contributed by atoms with Crippen LogP contribution in [0.5, 0.6) is 11.5 Å². The topological polar surface area (TPSA) is 70.9 Å². The summed E-state index contributed by atoms with van der Waals surface area (Å²) in [6.45, 7) is 0.